The molecule has 0 fully saturated rings. The highest BCUT2D eigenvalue weighted by atomic mass is 19.3. The maximum Gasteiger partial charge on any atom is 0.387 e. The molecule has 0 bridgehead atoms. The monoisotopic (exact) mass is 421 g/mol. The molecule has 0 saturated carbocycles. The molecule has 8 heteroatoms. The van der Waals surface area contributed by atoms with Crippen molar-refractivity contribution in [3.05, 3.63) is 59.2 Å². The van der Waals surface area contributed by atoms with Crippen LogP contribution in [0.5, 0.6) is 11.5 Å². The Morgan fingerprint density at radius 2 is 1.87 bits per heavy atom. The molecular weight excluding hydrogens is 392 g/mol. The Kier molecular flexibility index (Phi) is 9.86. The van der Waals surface area contributed by atoms with Gasteiger partial charge in [0.2, 0.25) is 0 Å². The summed E-state index contributed by atoms with van der Waals surface area (Å²) >= 11 is 0. The molecule has 0 aliphatic heterocycles. The Morgan fingerprint density at radius 3 is 2.60 bits per heavy atom. The van der Waals surface area contributed by atoms with Crippen LogP contribution in [0.2, 0.25) is 0 Å². The normalized spacial score (nSPS) is 11.5. The van der Waals surface area contributed by atoms with Gasteiger partial charge in [-0.25, -0.2) is 0 Å². The topological polar surface area (TPSA) is 64.1 Å². The van der Waals surface area contributed by atoms with Crippen LogP contribution in [0.3, 0.4) is 0 Å². The number of benzene rings is 2. The van der Waals surface area contributed by atoms with Crippen LogP contribution in [0.4, 0.5) is 8.78 Å². The molecule has 0 aromatic heterocycles. The minimum atomic E-state index is -2.84. The minimum absolute atomic E-state index is 0.127. The number of nitrogens with zero attached hydrogens (tertiary/aromatic N) is 1. The molecular formula is C22H29F2N3O3. The molecule has 0 aliphatic carbocycles. The van der Waals surface area contributed by atoms with E-state index < -0.39 is 6.61 Å². The number of guanidine groups is 1. The maximum atomic E-state index is 12.4. The molecule has 164 valence electrons. The van der Waals surface area contributed by atoms with Gasteiger partial charge in [0.25, 0.3) is 0 Å². The van der Waals surface area contributed by atoms with E-state index in [4.69, 9.17) is 9.47 Å². The van der Waals surface area contributed by atoms with Crippen molar-refractivity contribution in [2.75, 3.05) is 27.4 Å². The summed E-state index contributed by atoms with van der Waals surface area (Å²) in [7, 11) is 3.34. The van der Waals surface area contributed by atoms with Crippen molar-refractivity contribution in [3.63, 3.8) is 0 Å². The molecule has 2 aromatic carbocycles. The van der Waals surface area contributed by atoms with Crippen LogP contribution in [0.15, 0.2) is 47.5 Å². The van der Waals surface area contributed by atoms with Crippen molar-refractivity contribution in [2.24, 2.45) is 4.99 Å². The molecule has 0 radical (unpaired) electrons. The Bertz CT molecular complexity index is 816. The predicted molar refractivity (Wildman–Crippen MR) is 113 cm³/mol. The second kappa shape index (κ2) is 12.6. The molecule has 0 atom stereocenters. The van der Waals surface area contributed by atoms with Gasteiger partial charge in [-0.15, -0.1) is 0 Å². The summed E-state index contributed by atoms with van der Waals surface area (Å²) in [5.41, 5.74) is 2.93. The lowest BCUT2D eigenvalue weighted by Crippen LogP contribution is -2.36. The van der Waals surface area contributed by atoms with E-state index in [0.29, 0.717) is 32.3 Å². The fourth-order valence-electron chi connectivity index (χ4n) is 2.74. The molecule has 2 rings (SSSR count). The number of aliphatic imine (C=N–C) groups is 1. The van der Waals surface area contributed by atoms with E-state index >= 15 is 0 Å². The van der Waals surface area contributed by atoms with E-state index in [1.165, 1.54) is 6.07 Å². The van der Waals surface area contributed by atoms with Gasteiger partial charge in [0.15, 0.2) is 5.96 Å². The van der Waals surface area contributed by atoms with Crippen molar-refractivity contribution in [1.29, 1.82) is 0 Å². The molecule has 0 saturated heterocycles. The number of alkyl halides is 2. The summed E-state index contributed by atoms with van der Waals surface area (Å²) in [6, 6.07) is 12.6. The van der Waals surface area contributed by atoms with Gasteiger partial charge in [-0.3, -0.25) is 4.99 Å². The first-order chi connectivity index (χ1) is 14.5. The molecule has 0 heterocycles. The van der Waals surface area contributed by atoms with Crippen molar-refractivity contribution >= 4 is 5.96 Å². The van der Waals surface area contributed by atoms with Crippen LogP contribution in [-0.2, 0) is 17.8 Å². The van der Waals surface area contributed by atoms with Gasteiger partial charge in [0.05, 0.1) is 6.61 Å². The summed E-state index contributed by atoms with van der Waals surface area (Å²) in [6.45, 7) is 1.34. The first kappa shape index (κ1) is 23.4. The van der Waals surface area contributed by atoms with E-state index in [1.54, 1.807) is 26.3 Å². The number of aryl methyl sites for hydroxylation is 1. The Hall–Kier alpha value is -2.87. The second-order valence-corrected chi connectivity index (χ2v) is 6.61. The van der Waals surface area contributed by atoms with E-state index in [0.717, 1.165) is 28.9 Å². The fourth-order valence-corrected chi connectivity index (χ4v) is 2.74. The van der Waals surface area contributed by atoms with Crippen molar-refractivity contribution in [1.82, 2.24) is 10.6 Å². The highest BCUT2D eigenvalue weighted by Gasteiger charge is 2.08. The Balaban J connectivity index is 1.91. The minimum Gasteiger partial charge on any atom is -0.493 e. The van der Waals surface area contributed by atoms with Crippen LogP contribution >= 0.6 is 0 Å². The standard InChI is InChI=1S/C22H29F2N3O3/c1-16-8-9-18(20(12-16)29-11-5-10-28-3)15-27-22(25-2)26-14-17-6-4-7-19(13-17)30-21(23)24/h4,6-9,12-13,21H,5,10-11,14-15H2,1-3H3,(H2,25,26,27). The average Bonchev–Trinajstić information content (AvgIpc) is 2.72. The van der Waals surface area contributed by atoms with Gasteiger partial charge < -0.3 is 24.8 Å². The summed E-state index contributed by atoms with van der Waals surface area (Å²) in [4.78, 5) is 4.21. The third-order valence-electron chi connectivity index (χ3n) is 4.23. The molecule has 0 spiro atoms. The van der Waals surface area contributed by atoms with Gasteiger partial charge in [0, 0.05) is 45.8 Å². The number of hydrogen-bond donors (Lipinski definition) is 2. The fraction of sp³-hybridized carbons (Fsp3) is 0.409. The molecule has 0 aliphatic rings. The van der Waals surface area contributed by atoms with Crippen molar-refractivity contribution in [2.45, 2.75) is 33.0 Å². The number of methoxy groups -OCH3 is 1. The highest BCUT2D eigenvalue weighted by molar-refractivity contribution is 5.79. The summed E-state index contributed by atoms with van der Waals surface area (Å²) in [5.74, 6) is 1.54. The predicted octanol–water partition coefficient (Wildman–Crippen LogP) is 3.88. The first-order valence-electron chi connectivity index (χ1n) is 9.71. The van der Waals surface area contributed by atoms with E-state index in [1.807, 2.05) is 31.2 Å². The molecule has 0 amide bonds. The number of halogens is 2. The first-order valence-corrected chi connectivity index (χ1v) is 9.71. The molecule has 30 heavy (non-hydrogen) atoms. The van der Waals surface area contributed by atoms with Crippen LogP contribution in [0, 0.1) is 6.92 Å². The van der Waals surface area contributed by atoms with Gasteiger partial charge in [-0.2, -0.15) is 8.78 Å². The third kappa shape index (κ3) is 8.24. The van der Waals surface area contributed by atoms with Crippen molar-refractivity contribution < 1.29 is 23.0 Å². The summed E-state index contributed by atoms with van der Waals surface area (Å²) < 4.78 is 40.1. The van der Waals surface area contributed by atoms with Gasteiger partial charge in [0.1, 0.15) is 11.5 Å². The zero-order valence-electron chi connectivity index (χ0n) is 17.6. The van der Waals surface area contributed by atoms with E-state index in [-0.39, 0.29) is 5.75 Å². The Morgan fingerprint density at radius 1 is 1.07 bits per heavy atom. The highest BCUT2D eigenvalue weighted by Crippen LogP contribution is 2.20. The van der Waals surface area contributed by atoms with Gasteiger partial charge in [-0.05, 0) is 36.2 Å². The number of rotatable bonds is 11. The average molecular weight is 421 g/mol. The number of ether oxygens (including phenoxy) is 3. The molecule has 0 unspecified atom stereocenters. The zero-order valence-corrected chi connectivity index (χ0v) is 17.6. The van der Waals surface area contributed by atoms with Crippen LogP contribution in [-0.4, -0.2) is 39.9 Å². The quantitative estimate of drug-likeness (QED) is 0.328. The van der Waals surface area contributed by atoms with Gasteiger partial charge in [-0.1, -0.05) is 24.3 Å². The summed E-state index contributed by atoms with van der Waals surface area (Å²) in [6.07, 6.45) is 0.814. The van der Waals surface area contributed by atoms with Crippen LogP contribution in [0.25, 0.3) is 0 Å². The smallest absolute Gasteiger partial charge is 0.387 e. The maximum absolute atomic E-state index is 12.4. The lowest BCUT2D eigenvalue weighted by Gasteiger charge is -2.16. The molecule has 6 nitrogen and oxygen atoms in total. The van der Waals surface area contributed by atoms with E-state index in [9.17, 15) is 8.78 Å². The SMILES string of the molecule is CN=C(NCc1cccc(OC(F)F)c1)NCc1ccc(C)cc1OCCCOC. The second-order valence-electron chi connectivity index (χ2n) is 6.61. The third-order valence-corrected chi connectivity index (χ3v) is 4.23. The van der Waals surface area contributed by atoms with E-state index in [2.05, 4.69) is 20.4 Å². The zero-order chi connectivity index (χ0) is 21.8. The molecule has 2 aromatic rings. The number of hydrogen-bond acceptors (Lipinski definition) is 4. The number of nitrogens with one attached hydrogen (secondary N) is 2. The van der Waals surface area contributed by atoms with Crippen LogP contribution < -0.4 is 20.1 Å². The largest absolute Gasteiger partial charge is 0.493 e. The van der Waals surface area contributed by atoms with Crippen molar-refractivity contribution in [3.8, 4) is 11.5 Å². The lowest BCUT2D eigenvalue weighted by atomic mass is 10.1. The van der Waals surface area contributed by atoms with Crippen LogP contribution in [0.1, 0.15) is 23.1 Å². The Labute approximate surface area is 176 Å². The molecule has 2 N–H and O–H groups in total. The van der Waals surface area contributed by atoms with Gasteiger partial charge >= 0.3 is 6.61 Å². The lowest BCUT2D eigenvalue weighted by molar-refractivity contribution is -0.0498. The summed E-state index contributed by atoms with van der Waals surface area (Å²) in [5, 5.41) is 6.41.